The highest BCUT2D eigenvalue weighted by Gasteiger charge is 2.20. The molecule has 0 unspecified atom stereocenters. The van der Waals surface area contributed by atoms with Crippen LogP contribution < -0.4 is 0 Å². The number of aliphatic imine (C=N–C) groups is 1. The van der Waals surface area contributed by atoms with Gasteiger partial charge in [0.05, 0.1) is 6.54 Å². The quantitative estimate of drug-likeness (QED) is 0.248. The highest BCUT2D eigenvalue weighted by atomic mass is 32.1. The summed E-state index contributed by atoms with van der Waals surface area (Å²) in [5.41, 5.74) is 8.33. The lowest BCUT2D eigenvalue weighted by molar-refractivity contribution is 0.0993. The molecule has 0 saturated heterocycles. The minimum atomic E-state index is 0.115. The van der Waals surface area contributed by atoms with Crippen molar-refractivity contribution in [2.45, 2.75) is 13.0 Å². The number of rotatable bonds is 5. The lowest BCUT2D eigenvalue weighted by Gasteiger charge is -2.11. The van der Waals surface area contributed by atoms with Crippen molar-refractivity contribution in [1.82, 2.24) is 4.98 Å². The van der Waals surface area contributed by atoms with Gasteiger partial charge < -0.3 is 4.98 Å². The number of fused-ring (bicyclic) bond motifs is 3. The molecule has 7 rings (SSSR count). The lowest BCUT2D eigenvalue weighted by Crippen LogP contribution is -2.07. The van der Waals surface area contributed by atoms with Crippen molar-refractivity contribution in [3.8, 4) is 21.7 Å². The van der Waals surface area contributed by atoms with Gasteiger partial charge in [-0.3, -0.25) is 9.79 Å². The second-order valence-electron chi connectivity index (χ2n) is 9.24. The normalized spacial score (nSPS) is 12.4. The van der Waals surface area contributed by atoms with Gasteiger partial charge in [0.25, 0.3) is 0 Å². The van der Waals surface area contributed by atoms with E-state index in [1.807, 2.05) is 36.5 Å². The van der Waals surface area contributed by atoms with E-state index in [2.05, 4.69) is 76.7 Å². The average Bonchev–Trinajstić information content (AvgIpc) is 3.66. The Balaban J connectivity index is 1.27. The first kappa shape index (κ1) is 21.0. The van der Waals surface area contributed by atoms with Crippen LogP contribution in [0, 0.1) is 0 Å². The number of carbonyl (C=O) groups is 1. The first-order valence-corrected chi connectivity index (χ1v) is 12.9. The summed E-state index contributed by atoms with van der Waals surface area (Å²) in [4.78, 5) is 22.9. The number of ketones is 1. The van der Waals surface area contributed by atoms with E-state index in [0.29, 0.717) is 13.0 Å². The maximum absolute atomic E-state index is 13.7. The number of hydrogen-bond donors (Lipinski definition) is 1. The summed E-state index contributed by atoms with van der Waals surface area (Å²) in [5, 5.41) is 2.40. The van der Waals surface area contributed by atoms with Gasteiger partial charge in [-0.1, -0.05) is 60.7 Å². The van der Waals surface area contributed by atoms with Crippen molar-refractivity contribution in [1.29, 1.82) is 0 Å². The van der Waals surface area contributed by atoms with Gasteiger partial charge in [-0.15, -0.1) is 11.3 Å². The predicted octanol–water partition coefficient (Wildman–Crippen LogP) is 8.07. The Bertz CT molecular complexity index is 1760. The standard InChI is InChI=1S/C32H22N2OS/c35-30(16-20-7-1-4-10-25(20)29-15-21-8-2-5-11-28(21)34-29)23-13-24-18-33-19-27(24)26(14-23)32-17-22-9-3-6-12-31(22)36-32/h1-15,17-18,34H,16,19H2. The maximum Gasteiger partial charge on any atom is 0.167 e. The van der Waals surface area contributed by atoms with Crippen LogP contribution in [0.1, 0.15) is 27.0 Å². The number of benzene rings is 4. The fourth-order valence-electron chi connectivity index (χ4n) is 5.15. The molecular formula is C32H22N2OS. The summed E-state index contributed by atoms with van der Waals surface area (Å²) in [5.74, 6) is 0.115. The molecule has 1 aliphatic heterocycles. The first-order chi connectivity index (χ1) is 17.7. The SMILES string of the molecule is O=C(Cc1ccccc1-c1cc2ccccc2[nH]1)c1cc2c(c(-c3cc4ccccc4s3)c1)CN=C2. The number of aromatic amines is 1. The fourth-order valence-corrected chi connectivity index (χ4v) is 6.25. The van der Waals surface area contributed by atoms with Crippen molar-refractivity contribution < 1.29 is 4.79 Å². The summed E-state index contributed by atoms with van der Waals surface area (Å²) >= 11 is 1.77. The summed E-state index contributed by atoms with van der Waals surface area (Å²) in [6.45, 7) is 0.663. The molecule has 0 aliphatic carbocycles. The Kier molecular flexibility index (Phi) is 4.93. The van der Waals surface area contributed by atoms with E-state index in [0.717, 1.165) is 39.0 Å². The molecule has 3 heterocycles. The van der Waals surface area contributed by atoms with Gasteiger partial charge in [-0.2, -0.15) is 0 Å². The van der Waals surface area contributed by atoms with E-state index < -0.39 is 0 Å². The molecule has 0 spiro atoms. The molecule has 2 aromatic heterocycles. The molecule has 0 amide bonds. The van der Waals surface area contributed by atoms with Crippen LogP contribution in [0.3, 0.4) is 0 Å². The molecule has 1 aliphatic rings. The zero-order valence-electron chi connectivity index (χ0n) is 19.5. The monoisotopic (exact) mass is 482 g/mol. The Hall–Kier alpha value is -4.28. The van der Waals surface area contributed by atoms with Crippen LogP contribution in [0.2, 0.25) is 0 Å². The van der Waals surface area contributed by atoms with Crippen molar-refractivity contribution in [2.24, 2.45) is 4.99 Å². The Morgan fingerprint density at radius 2 is 1.64 bits per heavy atom. The van der Waals surface area contributed by atoms with Crippen LogP contribution in [0.5, 0.6) is 0 Å². The van der Waals surface area contributed by atoms with Gasteiger partial charge >= 0.3 is 0 Å². The van der Waals surface area contributed by atoms with E-state index in [-0.39, 0.29) is 5.78 Å². The number of nitrogens with one attached hydrogen (secondary N) is 1. The number of Topliss-reactive ketones (excluding diaryl/α,β-unsaturated/α-hetero) is 1. The van der Waals surface area contributed by atoms with E-state index >= 15 is 0 Å². The Morgan fingerprint density at radius 3 is 2.53 bits per heavy atom. The molecule has 0 radical (unpaired) electrons. The largest absolute Gasteiger partial charge is 0.355 e. The van der Waals surface area contributed by atoms with Crippen LogP contribution in [-0.2, 0) is 13.0 Å². The van der Waals surface area contributed by atoms with E-state index in [1.165, 1.54) is 25.9 Å². The van der Waals surface area contributed by atoms with Gasteiger partial charge in [0.15, 0.2) is 5.78 Å². The van der Waals surface area contributed by atoms with Crippen LogP contribution in [0.4, 0.5) is 0 Å². The third-order valence-electron chi connectivity index (χ3n) is 6.97. The number of H-pyrrole nitrogens is 1. The molecule has 0 bridgehead atoms. The van der Waals surface area contributed by atoms with E-state index in [9.17, 15) is 4.79 Å². The summed E-state index contributed by atoms with van der Waals surface area (Å²) in [7, 11) is 0. The maximum atomic E-state index is 13.7. The number of aromatic nitrogens is 1. The Morgan fingerprint density at radius 1 is 0.833 bits per heavy atom. The van der Waals surface area contributed by atoms with Gasteiger partial charge in [0, 0.05) is 49.9 Å². The number of nitrogens with zero attached hydrogens (tertiary/aromatic N) is 1. The first-order valence-electron chi connectivity index (χ1n) is 12.1. The molecule has 6 aromatic rings. The highest BCUT2D eigenvalue weighted by molar-refractivity contribution is 7.22. The fraction of sp³-hybridized carbons (Fsp3) is 0.0625. The lowest BCUT2D eigenvalue weighted by atomic mass is 9.92. The Labute approximate surface area is 212 Å². The molecule has 0 fully saturated rings. The van der Waals surface area contributed by atoms with E-state index in [4.69, 9.17) is 0 Å². The zero-order valence-corrected chi connectivity index (χ0v) is 20.3. The van der Waals surface area contributed by atoms with Crippen molar-refractivity contribution in [2.75, 3.05) is 0 Å². The number of hydrogen-bond acceptors (Lipinski definition) is 3. The molecule has 4 heteroatoms. The van der Waals surface area contributed by atoms with Gasteiger partial charge in [-0.25, -0.2) is 0 Å². The molecule has 1 N–H and O–H groups in total. The van der Waals surface area contributed by atoms with Gasteiger partial charge in [0.2, 0.25) is 0 Å². The second kappa shape index (κ2) is 8.43. The minimum absolute atomic E-state index is 0.115. The van der Waals surface area contributed by atoms with E-state index in [1.54, 1.807) is 11.3 Å². The van der Waals surface area contributed by atoms with Crippen LogP contribution >= 0.6 is 11.3 Å². The number of para-hydroxylation sites is 1. The van der Waals surface area contributed by atoms with Crippen molar-refractivity contribution >= 4 is 44.3 Å². The smallest absolute Gasteiger partial charge is 0.167 e. The third kappa shape index (κ3) is 3.58. The summed E-state index contributed by atoms with van der Waals surface area (Å²) in [6, 6.07) is 33.3. The average molecular weight is 483 g/mol. The molecule has 36 heavy (non-hydrogen) atoms. The van der Waals surface area contributed by atoms with Crippen molar-refractivity contribution in [3.63, 3.8) is 0 Å². The summed E-state index contributed by atoms with van der Waals surface area (Å²) < 4.78 is 1.25. The van der Waals surface area contributed by atoms with Gasteiger partial charge in [-0.05, 0) is 64.0 Å². The molecule has 4 aromatic carbocycles. The van der Waals surface area contributed by atoms with Crippen LogP contribution in [0.15, 0.2) is 102 Å². The molecule has 0 saturated carbocycles. The molecule has 3 nitrogen and oxygen atoms in total. The van der Waals surface area contributed by atoms with Crippen molar-refractivity contribution in [3.05, 3.63) is 119 Å². The van der Waals surface area contributed by atoms with Crippen LogP contribution in [-0.4, -0.2) is 17.0 Å². The predicted molar refractivity (Wildman–Crippen MR) is 150 cm³/mol. The topological polar surface area (TPSA) is 45.2 Å². The van der Waals surface area contributed by atoms with Gasteiger partial charge in [0.1, 0.15) is 0 Å². The number of thiophene rings is 1. The molecular weight excluding hydrogens is 460 g/mol. The number of carbonyl (C=O) groups excluding carboxylic acids is 1. The summed E-state index contributed by atoms with van der Waals surface area (Å²) in [6.07, 6.45) is 2.24. The van der Waals surface area contributed by atoms with Crippen LogP contribution in [0.25, 0.3) is 42.7 Å². The zero-order chi connectivity index (χ0) is 24.1. The third-order valence-corrected chi connectivity index (χ3v) is 8.12. The molecule has 172 valence electrons. The molecule has 0 atom stereocenters. The highest BCUT2D eigenvalue weighted by Crippen LogP contribution is 2.38. The minimum Gasteiger partial charge on any atom is -0.355 e. The second-order valence-corrected chi connectivity index (χ2v) is 10.3.